The van der Waals surface area contributed by atoms with E-state index in [0.717, 1.165) is 32.5 Å². The van der Waals surface area contributed by atoms with Crippen molar-refractivity contribution in [3.63, 3.8) is 0 Å². The topological polar surface area (TPSA) is 61.0 Å². The van der Waals surface area contributed by atoms with Crippen LogP contribution in [0.2, 0.25) is 0 Å². The van der Waals surface area contributed by atoms with Crippen LogP contribution in [-0.4, -0.2) is 47.7 Å². The van der Waals surface area contributed by atoms with E-state index in [4.69, 9.17) is 0 Å². The molecule has 0 spiro atoms. The zero-order chi connectivity index (χ0) is 16.2. The van der Waals surface area contributed by atoms with Gasteiger partial charge in [0.1, 0.15) is 5.82 Å². The molecule has 2 N–H and O–H groups in total. The first kappa shape index (κ1) is 18.4. The second kappa shape index (κ2) is 8.26. The van der Waals surface area contributed by atoms with E-state index in [-0.39, 0.29) is 24.1 Å². The predicted molar refractivity (Wildman–Crippen MR) is 93.8 cm³/mol. The summed E-state index contributed by atoms with van der Waals surface area (Å²) in [5, 5.41) is 9.90. The summed E-state index contributed by atoms with van der Waals surface area (Å²) in [5.74, 6) is 0.165. The highest BCUT2D eigenvalue weighted by Crippen LogP contribution is 2.26. The number of carbonyl (C=O) groups excluding carboxylic acids is 1. The molecule has 3 rings (SSSR count). The van der Waals surface area contributed by atoms with Crippen LogP contribution in [-0.2, 0) is 0 Å². The van der Waals surface area contributed by atoms with Gasteiger partial charge in [0.15, 0.2) is 0 Å². The zero-order valence-electron chi connectivity index (χ0n) is 13.6. The molecule has 24 heavy (non-hydrogen) atoms. The molecule has 0 aliphatic carbocycles. The van der Waals surface area contributed by atoms with E-state index < -0.39 is 0 Å². The van der Waals surface area contributed by atoms with E-state index in [1.807, 2.05) is 11.9 Å². The number of halogens is 2. The van der Waals surface area contributed by atoms with Gasteiger partial charge < -0.3 is 10.2 Å². The van der Waals surface area contributed by atoms with Crippen LogP contribution in [0.4, 0.5) is 4.39 Å². The molecule has 0 radical (unpaired) electrons. The van der Waals surface area contributed by atoms with Crippen LogP contribution in [0, 0.1) is 11.7 Å². The lowest BCUT2D eigenvalue weighted by molar-refractivity contribution is 0.0692. The Kier molecular flexibility index (Phi) is 6.34. The van der Waals surface area contributed by atoms with E-state index >= 15 is 0 Å². The molecule has 1 aromatic carbocycles. The minimum atomic E-state index is -0.362. The molecular weight excluding hydrogens is 331 g/mol. The lowest BCUT2D eigenvalue weighted by Gasteiger charge is -2.31. The number of nitrogens with one attached hydrogen (secondary N) is 2. The minimum Gasteiger partial charge on any atom is -0.339 e. The average Bonchev–Trinajstić information content (AvgIpc) is 3.05. The van der Waals surface area contributed by atoms with Gasteiger partial charge in [-0.3, -0.25) is 9.89 Å². The smallest absolute Gasteiger partial charge is 0.257 e. The maximum atomic E-state index is 14.0. The number of piperidine rings is 1. The first-order valence-electron chi connectivity index (χ1n) is 7.93. The summed E-state index contributed by atoms with van der Waals surface area (Å²) in [6.45, 7) is 2.44. The Bertz CT molecular complexity index is 683. The number of benzene rings is 1. The molecule has 2 aromatic rings. The molecule has 1 aliphatic heterocycles. The van der Waals surface area contributed by atoms with Gasteiger partial charge in [-0.2, -0.15) is 5.10 Å². The zero-order valence-corrected chi connectivity index (χ0v) is 14.4. The number of hydrogen-bond acceptors (Lipinski definition) is 3. The van der Waals surface area contributed by atoms with Crippen LogP contribution in [0.5, 0.6) is 0 Å². The number of aromatic nitrogens is 2. The average molecular weight is 353 g/mol. The number of carbonyl (C=O) groups is 1. The molecule has 130 valence electrons. The summed E-state index contributed by atoms with van der Waals surface area (Å²) in [6.07, 6.45) is 3.46. The Labute approximate surface area is 147 Å². The maximum absolute atomic E-state index is 14.0. The van der Waals surface area contributed by atoms with E-state index in [1.165, 1.54) is 12.3 Å². The summed E-state index contributed by atoms with van der Waals surface area (Å²) in [6, 6.07) is 6.41. The van der Waals surface area contributed by atoms with E-state index in [0.29, 0.717) is 22.7 Å². The molecule has 1 aliphatic rings. The van der Waals surface area contributed by atoms with Crippen LogP contribution >= 0.6 is 12.4 Å². The SMILES string of the molecule is CNCC1CCN(C(=O)c2cn[nH]c2-c2ccccc2F)CC1.Cl. The maximum Gasteiger partial charge on any atom is 0.257 e. The molecular formula is C17H22ClFN4O. The minimum absolute atomic E-state index is 0. The highest BCUT2D eigenvalue weighted by molar-refractivity contribution is 5.99. The Hall–Kier alpha value is -1.92. The van der Waals surface area contributed by atoms with Gasteiger partial charge in [0.25, 0.3) is 5.91 Å². The fourth-order valence-electron chi connectivity index (χ4n) is 3.12. The molecule has 1 saturated heterocycles. The number of rotatable bonds is 4. The van der Waals surface area contributed by atoms with Crippen molar-refractivity contribution in [3.8, 4) is 11.3 Å². The third-order valence-corrected chi connectivity index (χ3v) is 4.41. The number of H-pyrrole nitrogens is 1. The van der Waals surface area contributed by atoms with Gasteiger partial charge >= 0.3 is 0 Å². The number of nitrogens with zero attached hydrogens (tertiary/aromatic N) is 2. The molecule has 1 aromatic heterocycles. The summed E-state index contributed by atoms with van der Waals surface area (Å²) < 4.78 is 14.0. The van der Waals surface area contributed by atoms with Crippen molar-refractivity contribution in [1.29, 1.82) is 0 Å². The van der Waals surface area contributed by atoms with Crippen molar-refractivity contribution in [2.45, 2.75) is 12.8 Å². The number of aromatic amines is 1. The normalized spacial score (nSPS) is 15.2. The predicted octanol–water partition coefficient (Wildman–Crippen LogP) is 2.71. The lowest BCUT2D eigenvalue weighted by atomic mass is 9.96. The van der Waals surface area contributed by atoms with Crippen molar-refractivity contribution in [2.75, 3.05) is 26.7 Å². The first-order chi connectivity index (χ1) is 11.2. The molecule has 0 saturated carbocycles. The van der Waals surface area contributed by atoms with Gasteiger partial charge in [-0.05, 0) is 44.5 Å². The van der Waals surface area contributed by atoms with E-state index in [2.05, 4.69) is 15.5 Å². The van der Waals surface area contributed by atoms with Crippen molar-refractivity contribution in [3.05, 3.63) is 41.8 Å². The van der Waals surface area contributed by atoms with Crippen LogP contribution in [0.25, 0.3) is 11.3 Å². The molecule has 1 fully saturated rings. The van der Waals surface area contributed by atoms with Crippen molar-refractivity contribution >= 4 is 18.3 Å². The largest absolute Gasteiger partial charge is 0.339 e. The molecule has 2 heterocycles. The molecule has 0 bridgehead atoms. The van der Waals surface area contributed by atoms with Crippen molar-refractivity contribution in [2.24, 2.45) is 5.92 Å². The highest BCUT2D eigenvalue weighted by Gasteiger charge is 2.26. The Morgan fingerprint density at radius 2 is 2.08 bits per heavy atom. The molecule has 0 unspecified atom stereocenters. The Balaban J connectivity index is 0.00000208. The second-order valence-corrected chi connectivity index (χ2v) is 5.93. The second-order valence-electron chi connectivity index (χ2n) is 5.93. The van der Waals surface area contributed by atoms with Gasteiger partial charge in [0.05, 0.1) is 17.5 Å². The summed E-state index contributed by atoms with van der Waals surface area (Å²) >= 11 is 0. The van der Waals surface area contributed by atoms with Crippen LogP contribution < -0.4 is 5.32 Å². The lowest BCUT2D eigenvalue weighted by Crippen LogP contribution is -2.40. The van der Waals surface area contributed by atoms with Gasteiger partial charge in [-0.1, -0.05) is 12.1 Å². The standard InChI is InChI=1S/C17H21FN4O.ClH/c1-19-10-12-6-8-22(9-7-12)17(23)14-11-20-21-16(14)13-4-2-3-5-15(13)18;/h2-5,11-12,19H,6-10H2,1H3,(H,20,21);1H. The quantitative estimate of drug-likeness (QED) is 0.889. The third-order valence-electron chi connectivity index (χ3n) is 4.41. The van der Waals surface area contributed by atoms with Gasteiger partial charge in [0.2, 0.25) is 0 Å². The Morgan fingerprint density at radius 3 is 2.75 bits per heavy atom. The molecule has 0 atom stereocenters. The third kappa shape index (κ3) is 3.76. The van der Waals surface area contributed by atoms with Gasteiger partial charge in [0, 0.05) is 18.7 Å². The van der Waals surface area contributed by atoms with Crippen molar-refractivity contribution in [1.82, 2.24) is 20.4 Å². The number of hydrogen-bond donors (Lipinski definition) is 2. The summed E-state index contributed by atoms with van der Waals surface area (Å²) in [5.41, 5.74) is 1.26. The summed E-state index contributed by atoms with van der Waals surface area (Å²) in [4.78, 5) is 14.6. The van der Waals surface area contributed by atoms with Gasteiger partial charge in [-0.25, -0.2) is 4.39 Å². The first-order valence-corrected chi connectivity index (χ1v) is 7.93. The molecule has 7 heteroatoms. The highest BCUT2D eigenvalue weighted by atomic mass is 35.5. The molecule has 5 nitrogen and oxygen atoms in total. The van der Waals surface area contributed by atoms with Gasteiger partial charge in [-0.15, -0.1) is 12.4 Å². The fourth-order valence-corrected chi connectivity index (χ4v) is 3.12. The van der Waals surface area contributed by atoms with Crippen LogP contribution in [0.1, 0.15) is 23.2 Å². The van der Waals surface area contributed by atoms with Crippen LogP contribution in [0.3, 0.4) is 0 Å². The van der Waals surface area contributed by atoms with Crippen molar-refractivity contribution < 1.29 is 9.18 Å². The Morgan fingerprint density at radius 1 is 1.38 bits per heavy atom. The molecule has 1 amide bonds. The number of amides is 1. The van der Waals surface area contributed by atoms with Crippen LogP contribution in [0.15, 0.2) is 30.5 Å². The van der Waals surface area contributed by atoms with E-state index in [9.17, 15) is 9.18 Å². The summed E-state index contributed by atoms with van der Waals surface area (Å²) in [7, 11) is 1.95. The fraction of sp³-hybridized carbons (Fsp3) is 0.412. The number of likely N-dealkylation sites (tertiary alicyclic amines) is 1. The monoisotopic (exact) mass is 352 g/mol. The van der Waals surface area contributed by atoms with E-state index in [1.54, 1.807) is 18.2 Å².